The highest BCUT2D eigenvalue weighted by atomic mass is 79.9. The molecule has 3 aliphatic carbocycles. The summed E-state index contributed by atoms with van der Waals surface area (Å²) in [7, 11) is -1.35. The SMILES string of the molecule is CCCC1CCC(c2ccc(-c3ccc(O)c(F)c3)cc2)CC1.CCCC1CCC(c2ccc(B(O)O)cc2)CC1.CCCCCCC(C)O.CCCCCCC(C)Oc1ccc(-c2ccc(C3CCC(CCC)CC3)cc2)cc1F.Oc1ccc(Br)cc1F. The number of aromatic hydroxyl groups is 2. The number of halogens is 4. The van der Waals surface area contributed by atoms with Crippen molar-refractivity contribution < 1.29 is 43.3 Å². The van der Waals surface area contributed by atoms with Crippen LogP contribution in [0.25, 0.3) is 22.3 Å². The number of hydrogen-bond donors (Lipinski definition) is 5. The topological polar surface area (TPSA) is 110 Å². The fourth-order valence-corrected chi connectivity index (χ4v) is 13.7. The number of aliphatic hydroxyl groups is 1. The molecule has 6 nitrogen and oxygen atoms in total. The number of rotatable bonds is 24. The Balaban J connectivity index is 0.000000220. The van der Waals surface area contributed by atoms with E-state index in [-0.39, 0.29) is 29.5 Å². The second-order valence-corrected chi connectivity index (χ2v) is 27.1. The van der Waals surface area contributed by atoms with Crippen molar-refractivity contribution in [1.29, 1.82) is 0 Å². The fraction of sp³-hybridized carbons (Fsp3) is 0.544. The summed E-state index contributed by atoms with van der Waals surface area (Å²) in [6.45, 7) is 15.1. The molecule has 0 spiro atoms. The summed E-state index contributed by atoms with van der Waals surface area (Å²) in [5, 5.41) is 44.9. The highest BCUT2D eigenvalue weighted by Crippen LogP contribution is 2.41. The Kier molecular flexibility index (Phi) is 35.5. The van der Waals surface area contributed by atoms with Crippen LogP contribution in [-0.2, 0) is 0 Å². The lowest BCUT2D eigenvalue weighted by molar-refractivity contribution is 0.180. The van der Waals surface area contributed by atoms with Crippen LogP contribution in [0.2, 0.25) is 0 Å². The maximum atomic E-state index is 14.7. The van der Waals surface area contributed by atoms with Gasteiger partial charge in [0.15, 0.2) is 34.7 Å². The number of benzene rings is 6. The van der Waals surface area contributed by atoms with Crippen molar-refractivity contribution in [2.75, 3.05) is 0 Å². The number of phenolic OH excluding ortho intramolecular Hbond substituents is 2. The van der Waals surface area contributed by atoms with Crippen molar-refractivity contribution in [2.45, 2.75) is 258 Å². The molecule has 5 N–H and O–H groups in total. The molecule has 0 saturated heterocycles. The van der Waals surface area contributed by atoms with E-state index in [0.29, 0.717) is 33.4 Å². The number of ether oxygens (including phenoxy) is 1. The highest BCUT2D eigenvalue weighted by Gasteiger charge is 2.25. The number of aliphatic hydroxyl groups excluding tert-OH is 1. The fourth-order valence-electron chi connectivity index (χ4n) is 13.4. The summed E-state index contributed by atoms with van der Waals surface area (Å²) < 4.78 is 47.0. The summed E-state index contributed by atoms with van der Waals surface area (Å²) >= 11 is 3.05. The van der Waals surface area contributed by atoms with Gasteiger partial charge in [-0.2, -0.15) is 0 Å². The van der Waals surface area contributed by atoms with Crippen molar-refractivity contribution in [2.24, 2.45) is 17.8 Å². The predicted molar refractivity (Wildman–Crippen MR) is 375 cm³/mol. The summed E-state index contributed by atoms with van der Waals surface area (Å²) in [5.41, 5.74) is 8.57. The summed E-state index contributed by atoms with van der Waals surface area (Å²) in [5.74, 6) is 3.13. The molecule has 2 unspecified atom stereocenters. The van der Waals surface area contributed by atoms with E-state index in [4.69, 9.17) is 25.0 Å². The third-order valence-electron chi connectivity index (χ3n) is 18.8. The molecule has 9 rings (SSSR count). The van der Waals surface area contributed by atoms with Gasteiger partial charge in [-0.05, 0) is 233 Å². The number of phenols is 2. The van der Waals surface area contributed by atoms with E-state index in [1.54, 1.807) is 24.3 Å². The van der Waals surface area contributed by atoms with Crippen LogP contribution in [-0.4, -0.2) is 44.7 Å². The molecule has 0 heterocycles. The minimum Gasteiger partial charge on any atom is -0.505 e. The summed E-state index contributed by atoms with van der Waals surface area (Å²) in [6.07, 6.45) is 35.7. The second kappa shape index (κ2) is 42.2. The first-order chi connectivity index (χ1) is 43.4. The molecule has 0 radical (unpaired) electrons. The first-order valence-corrected chi connectivity index (χ1v) is 35.7. The van der Waals surface area contributed by atoms with Crippen LogP contribution in [0.15, 0.2) is 132 Å². The Labute approximate surface area is 550 Å². The highest BCUT2D eigenvalue weighted by molar-refractivity contribution is 9.10. The van der Waals surface area contributed by atoms with E-state index in [1.165, 1.54) is 201 Å². The van der Waals surface area contributed by atoms with Gasteiger partial charge in [0.1, 0.15) is 0 Å². The van der Waals surface area contributed by atoms with Crippen molar-refractivity contribution in [3.05, 3.63) is 166 Å². The maximum Gasteiger partial charge on any atom is 0.488 e. The molecule has 0 bridgehead atoms. The van der Waals surface area contributed by atoms with E-state index < -0.39 is 18.8 Å². The second-order valence-electron chi connectivity index (χ2n) is 26.2. The Morgan fingerprint density at radius 2 is 0.800 bits per heavy atom. The average Bonchev–Trinajstić information content (AvgIpc) is 3.49. The van der Waals surface area contributed by atoms with Crippen LogP contribution < -0.4 is 10.2 Å². The molecule has 3 saturated carbocycles. The lowest BCUT2D eigenvalue weighted by Gasteiger charge is -2.28. The van der Waals surface area contributed by atoms with Gasteiger partial charge in [0.25, 0.3) is 0 Å². The van der Waals surface area contributed by atoms with Crippen LogP contribution in [0.3, 0.4) is 0 Å². The quantitative estimate of drug-likeness (QED) is 0.0305. The molecule has 11 heteroatoms. The molecule has 0 aromatic heterocycles. The molecule has 494 valence electrons. The third-order valence-corrected chi connectivity index (χ3v) is 19.3. The van der Waals surface area contributed by atoms with E-state index in [1.807, 2.05) is 32.0 Å². The van der Waals surface area contributed by atoms with Crippen LogP contribution in [0, 0.1) is 35.2 Å². The van der Waals surface area contributed by atoms with Gasteiger partial charge in [0, 0.05) is 4.47 Å². The van der Waals surface area contributed by atoms with Gasteiger partial charge in [-0.25, -0.2) is 13.2 Å². The Hall–Kier alpha value is -5.07. The van der Waals surface area contributed by atoms with Gasteiger partial charge in [-0.1, -0.05) is 219 Å². The number of hydrogen-bond acceptors (Lipinski definition) is 6. The Bertz CT molecular complexity index is 2860. The van der Waals surface area contributed by atoms with E-state index in [2.05, 4.69) is 111 Å². The van der Waals surface area contributed by atoms with Gasteiger partial charge in [-0.15, -0.1) is 0 Å². The third kappa shape index (κ3) is 27.3. The van der Waals surface area contributed by atoms with Crippen LogP contribution in [0.1, 0.15) is 263 Å². The largest absolute Gasteiger partial charge is 0.505 e. The molecule has 0 amide bonds. The van der Waals surface area contributed by atoms with Gasteiger partial charge < -0.3 is 30.1 Å². The molecule has 6 aromatic rings. The van der Waals surface area contributed by atoms with Gasteiger partial charge in [0.2, 0.25) is 0 Å². The normalized spacial score (nSPS) is 19.4. The minimum atomic E-state index is -1.35. The molecule has 90 heavy (non-hydrogen) atoms. The molecule has 6 aromatic carbocycles. The molecule has 2 atom stereocenters. The zero-order valence-electron chi connectivity index (χ0n) is 55.8. The first kappa shape index (κ1) is 75.7. The van der Waals surface area contributed by atoms with E-state index in [9.17, 15) is 18.3 Å². The Morgan fingerprint density at radius 3 is 1.16 bits per heavy atom. The number of unbranched alkanes of at least 4 members (excludes halogenated alkanes) is 6. The van der Waals surface area contributed by atoms with Crippen molar-refractivity contribution in [1.82, 2.24) is 0 Å². The monoisotopic (exact) mass is 1300 g/mol. The lowest BCUT2D eigenvalue weighted by Crippen LogP contribution is -2.29. The standard InChI is InChI=1S/C29H41FO.C21H25FO.C15H23BO2.C8H18O.C6H4BrFO/c1-4-6-7-8-10-22(3)31-29-20-19-27(21-28(29)30)26-17-15-25(16-18-26)24-13-11-23(9-5-2)12-14-24;1-2-3-15-4-6-16(7-5-15)17-8-10-18(11-9-17)19-12-13-21(23)20(22)14-19;1-2-3-12-4-6-13(7-5-12)14-8-10-15(11-9-14)16(17)18;1-3-4-5-6-7-8(2)9;7-4-1-2-6(9)5(8)3-4/h15-24H,4-14H2,1-3H3;8-16,23H,2-7H2,1H3;8-13,17-18H,2-7H2,1H3;8-9H,3-7H2,1-2H3;1-3,9H. The van der Waals surface area contributed by atoms with Crippen LogP contribution in [0.4, 0.5) is 13.2 Å². The first-order valence-electron chi connectivity index (χ1n) is 34.9. The maximum absolute atomic E-state index is 14.7. The van der Waals surface area contributed by atoms with Crippen molar-refractivity contribution in [3.8, 4) is 39.5 Å². The van der Waals surface area contributed by atoms with E-state index >= 15 is 0 Å². The van der Waals surface area contributed by atoms with Crippen LogP contribution >= 0.6 is 15.9 Å². The zero-order valence-corrected chi connectivity index (χ0v) is 57.4. The smallest absolute Gasteiger partial charge is 0.488 e. The minimum absolute atomic E-state index is 0.0453. The molecule has 3 aliphatic rings. The van der Waals surface area contributed by atoms with Crippen molar-refractivity contribution >= 4 is 28.5 Å². The molecule has 3 fully saturated rings. The van der Waals surface area contributed by atoms with Crippen molar-refractivity contribution in [3.63, 3.8) is 0 Å². The van der Waals surface area contributed by atoms with E-state index in [0.717, 1.165) is 59.3 Å². The summed E-state index contributed by atoms with van der Waals surface area (Å²) in [4.78, 5) is 0. The zero-order chi connectivity index (χ0) is 65.2. The van der Waals surface area contributed by atoms with Gasteiger partial charge in [-0.3, -0.25) is 0 Å². The lowest BCUT2D eigenvalue weighted by atomic mass is 9.75. The average molecular weight is 1300 g/mol. The molecular formula is C79H111BBrF3O6. The molecule has 0 aliphatic heterocycles. The van der Waals surface area contributed by atoms with Gasteiger partial charge >= 0.3 is 7.12 Å². The van der Waals surface area contributed by atoms with Crippen LogP contribution in [0.5, 0.6) is 17.2 Å². The van der Waals surface area contributed by atoms with Gasteiger partial charge in [0.05, 0.1) is 12.2 Å². The predicted octanol–water partition coefficient (Wildman–Crippen LogP) is 22.6. The Morgan fingerprint density at radius 1 is 0.433 bits per heavy atom. The molecular weight excluding hydrogens is 1190 g/mol. The summed E-state index contributed by atoms with van der Waals surface area (Å²) in [6, 6.07) is 39.1.